The summed E-state index contributed by atoms with van der Waals surface area (Å²) in [7, 11) is 0. The van der Waals surface area contributed by atoms with Gasteiger partial charge in [0.2, 0.25) is 0 Å². The van der Waals surface area contributed by atoms with Gasteiger partial charge >= 0.3 is 0 Å². The molecule has 3 aromatic carbocycles. The Balaban J connectivity index is 1.44. The molecule has 1 aliphatic heterocycles. The first-order chi connectivity index (χ1) is 14.6. The predicted octanol–water partition coefficient (Wildman–Crippen LogP) is 6.03. The number of nitrogens with zero attached hydrogens (tertiary/aromatic N) is 2. The minimum Gasteiger partial charge on any atom is -0.489 e. The number of hydrogen-bond donors (Lipinski definition) is 1. The van der Waals surface area contributed by atoms with Gasteiger partial charge in [0.25, 0.3) is 0 Å². The molecule has 0 radical (unpaired) electrons. The van der Waals surface area contributed by atoms with E-state index in [0.717, 1.165) is 28.3 Å². The summed E-state index contributed by atoms with van der Waals surface area (Å²) in [4.78, 5) is 0. The van der Waals surface area contributed by atoms with Crippen molar-refractivity contribution in [2.24, 2.45) is 0 Å². The molecule has 0 saturated heterocycles. The number of fused-ring (bicyclic) bond motifs is 3. The van der Waals surface area contributed by atoms with E-state index < -0.39 is 0 Å². The molecule has 4 nitrogen and oxygen atoms in total. The lowest BCUT2D eigenvalue weighted by atomic mass is 9.98. The molecule has 1 unspecified atom stereocenters. The maximum Gasteiger partial charge on any atom is 0.147 e. The molecule has 0 aliphatic carbocycles. The van der Waals surface area contributed by atoms with Gasteiger partial charge in [-0.3, -0.25) is 0 Å². The Morgan fingerprint density at radius 2 is 1.70 bits per heavy atom. The highest BCUT2D eigenvalue weighted by atomic mass is 16.5. The van der Waals surface area contributed by atoms with Crippen LogP contribution in [0.3, 0.4) is 0 Å². The first-order valence-corrected chi connectivity index (χ1v) is 10.3. The monoisotopic (exact) mass is 395 g/mol. The minimum atomic E-state index is -0.0502. The Bertz CT molecular complexity index is 1190. The van der Waals surface area contributed by atoms with Crippen LogP contribution in [-0.4, -0.2) is 9.78 Å². The van der Waals surface area contributed by atoms with Crippen molar-refractivity contribution < 1.29 is 4.74 Å². The number of aromatic nitrogens is 2. The van der Waals surface area contributed by atoms with Crippen molar-refractivity contribution in [3.63, 3.8) is 0 Å². The van der Waals surface area contributed by atoms with Gasteiger partial charge in [0, 0.05) is 11.3 Å². The molecule has 0 fully saturated rings. The van der Waals surface area contributed by atoms with Crippen LogP contribution in [0.5, 0.6) is 5.75 Å². The number of hydrogen-bond acceptors (Lipinski definition) is 3. The van der Waals surface area contributed by atoms with Crippen LogP contribution >= 0.6 is 0 Å². The maximum atomic E-state index is 5.95. The largest absolute Gasteiger partial charge is 0.489 e. The number of ether oxygens (including phenoxy) is 1. The Kier molecular flexibility index (Phi) is 4.55. The van der Waals surface area contributed by atoms with Gasteiger partial charge in [0.05, 0.1) is 11.4 Å². The van der Waals surface area contributed by atoms with Crippen LogP contribution in [0.25, 0.3) is 11.3 Å². The van der Waals surface area contributed by atoms with Crippen molar-refractivity contribution in [1.82, 2.24) is 9.78 Å². The highest BCUT2D eigenvalue weighted by molar-refractivity contribution is 5.81. The van der Waals surface area contributed by atoms with E-state index in [2.05, 4.69) is 66.3 Å². The van der Waals surface area contributed by atoms with Crippen LogP contribution in [-0.2, 0) is 6.61 Å². The second-order valence-electron chi connectivity index (χ2n) is 8.01. The zero-order valence-corrected chi connectivity index (χ0v) is 17.5. The molecule has 150 valence electrons. The smallest absolute Gasteiger partial charge is 0.147 e. The van der Waals surface area contributed by atoms with Crippen molar-refractivity contribution in [2.45, 2.75) is 33.5 Å². The molecule has 4 heteroatoms. The standard InChI is InChI=1S/C26H25N3O/c1-17-13-18(2)25-23(14-17)24-15-19(3)28-29(24)26(27-25)21-9-11-22(12-10-21)30-16-20-7-5-4-6-8-20/h4-15,26-27H,16H2,1-3H3. The van der Waals surface area contributed by atoms with Crippen LogP contribution in [0.15, 0.2) is 72.8 Å². The first kappa shape index (κ1) is 18.5. The predicted molar refractivity (Wildman–Crippen MR) is 121 cm³/mol. The van der Waals surface area contributed by atoms with Gasteiger partial charge in [-0.1, -0.05) is 54.1 Å². The molecule has 1 N–H and O–H groups in total. The van der Waals surface area contributed by atoms with Gasteiger partial charge in [0.1, 0.15) is 18.5 Å². The van der Waals surface area contributed by atoms with Gasteiger partial charge in [-0.2, -0.15) is 5.10 Å². The summed E-state index contributed by atoms with van der Waals surface area (Å²) in [5.41, 5.74) is 9.40. The third-order valence-electron chi connectivity index (χ3n) is 5.58. The summed E-state index contributed by atoms with van der Waals surface area (Å²) in [6.07, 6.45) is -0.0502. The van der Waals surface area contributed by atoms with Crippen LogP contribution in [0.4, 0.5) is 5.69 Å². The molecule has 0 saturated carbocycles. The molecule has 1 aliphatic rings. The highest BCUT2D eigenvalue weighted by Gasteiger charge is 2.27. The molecule has 0 amide bonds. The minimum absolute atomic E-state index is 0.0502. The number of nitrogens with one attached hydrogen (secondary N) is 1. The molecule has 5 rings (SSSR count). The lowest BCUT2D eigenvalue weighted by Gasteiger charge is -2.31. The topological polar surface area (TPSA) is 39.1 Å². The average molecular weight is 396 g/mol. The van der Waals surface area contributed by atoms with Crippen LogP contribution in [0, 0.1) is 20.8 Å². The van der Waals surface area contributed by atoms with E-state index in [-0.39, 0.29) is 6.17 Å². The van der Waals surface area contributed by atoms with Gasteiger partial charge in [-0.25, -0.2) is 4.68 Å². The molecule has 1 aromatic heterocycles. The maximum absolute atomic E-state index is 5.95. The normalized spacial score (nSPS) is 14.6. The fraction of sp³-hybridized carbons (Fsp3) is 0.192. The Hall–Kier alpha value is -3.53. The molecular formula is C26H25N3O. The first-order valence-electron chi connectivity index (χ1n) is 10.3. The van der Waals surface area contributed by atoms with Crippen molar-refractivity contribution in [1.29, 1.82) is 0 Å². The van der Waals surface area contributed by atoms with Crippen LogP contribution in [0.1, 0.15) is 34.1 Å². The summed E-state index contributed by atoms with van der Waals surface area (Å²) in [5, 5.41) is 8.50. The third kappa shape index (κ3) is 3.35. The molecule has 0 bridgehead atoms. The van der Waals surface area contributed by atoms with Gasteiger partial charge in [0.15, 0.2) is 0 Å². The number of aryl methyl sites for hydroxylation is 3. The lowest BCUT2D eigenvalue weighted by molar-refractivity contribution is 0.306. The third-order valence-corrected chi connectivity index (χ3v) is 5.58. The molecule has 1 atom stereocenters. The SMILES string of the molecule is Cc1cc(C)c2c(c1)-c1cc(C)nn1C(c1ccc(OCc3ccccc3)cc1)N2. The summed E-state index contributed by atoms with van der Waals surface area (Å²) in [6.45, 7) is 6.91. The summed E-state index contributed by atoms with van der Waals surface area (Å²) >= 11 is 0. The van der Waals surface area contributed by atoms with Gasteiger partial charge in [-0.15, -0.1) is 0 Å². The van der Waals surface area contributed by atoms with Crippen molar-refractivity contribution >= 4 is 5.69 Å². The van der Waals surface area contributed by atoms with E-state index in [1.807, 2.05) is 37.3 Å². The zero-order chi connectivity index (χ0) is 20.7. The van der Waals surface area contributed by atoms with E-state index in [0.29, 0.717) is 6.61 Å². The van der Waals surface area contributed by atoms with Crippen molar-refractivity contribution in [3.05, 3.63) is 101 Å². The lowest BCUT2D eigenvalue weighted by Crippen LogP contribution is -2.26. The number of rotatable bonds is 4. The Morgan fingerprint density at radius 1 is 0.933 bits per heavy atom. The van der Waals surface area contributed by atoms with Crippen LogP contribution in [0.2, 0.25) is 0 Å². The van der Waals surface area contributed by atoms with E-state index in [9.17, 15) is 0 Å². The van der Waals surface area contributed by atoms with E-state index >= 15 is 0 Å². The second-order valence-corrected chi connectivity index (χ2v) is 8.01. The Labute approximate surface area is 177 Å². The highest BCUT2D eigenvalue weighted by Crippen LogP contribution is 2.41. The van der Waals surface area contributed by atoms with Crippen molar-refractivity contribution in [3.8, 4) is 17.0 Å². The van der Waals surface area contributed by atoms with E-state index in [1.54, 1.807) is 0 Å². The molecule has 30 heavy (non-hydrogen) atoms. The molecule has 2 heterocycles. The summed E-state index contributed by atoms with van der Waals surface area (Å²) in [5.74, 6) is 0.863. The Morgan fingerprint density at radius 3 is 2.47 bits per heavy atom. The van der Waals surface area contributed by atoms with Crippen molar-refractivity contribution in [2.75, 3.05) is 5.32 Å². The molecular weight excluding hydrogens is 370 g/mol. The molecule has 0 spiro atoms. The quantitative estimate of drug-likeness (QED) is 0.459. The number of anilines is 1. The molecule has 4 aromatic rings. The number of benzene rings is 3. The zero-order valence-electron chi connectivity index (χ0n) is 17.5. The van der Waals surface area contributed by atoms with Gasteiger partial charge in [-0.05, 0) is 61.7 Å². The van der Waals surface area contributed by atoms with E-state index in [1.165, 1.54) is 22.4 Å². The second kappa shape index (κ2) is 7.38. The van der Waals surface area contributed by atoms with E-state index in [4.69, 9.17) is 9.84 Å². The summed E-state index contributed by atoms with van der Waals surface area (Å²) in [6, 6.07) is 25.2. The summed E-state index contributed by atoms with van der Waals surface area (Å²) < 4.78 is 8.05. The average Bonchev–Trinajstić information content (AvgIpc) is 3.15. The fourth-order valence-electron chi connectivity index (χ4n) is 4.19. The fourth-order valence-corrected chi connectivity index (χ4v) is 4.19. The van der Waals surface area contributed by atoms with Crippen LogP contribution < -0.4 is 10.1 Å². The van der Waals surface area contributed by atoms with Gasteiger partial charge < -0.3 is 10.1 Å².